The van der Waals surface area contributed by atoms with Crippen LogP contribution >= 0.6 is 0 Å². The van der Waals surface area contributed by atoms with Crippen LogP contribution in [0.2, 0.25) is 0 Å². The van der Waals surface area contributed by atoms with E-state index in [1.807, 2.05) is 0 Å². The van der Waals surface area contributed by atoms with Crippen molar-refractivity contribution in [1.82, 2.24) is 9.97 Å². The molecule has 0 aliphatic heterocycles. The molecule has 16 heavy (non-hydrogen) atoms. The molecule has 1 fully saturated rings. The zero-order valence-electron chi connectivity index (χ0n) is 9.31. The highest BCUT2D eigenvalue weighted by Crippen LogP contribution is 2.24. The summed E-state index contributed by atoms with van der Waals surface area (Å²) in [6.45, 7) is 0. The summed E-state index contributed by atoms with van der Waals surface area (Å²) in [5, 5.41) is 3.34. The predicted octanol–water partition coefficient (Wildman–Crippen LogP) is 0.742. The van der Waals surface area contributed by atoms with Gasteiger partial charge < -0.3 is 15.5 Å². The van der Waals surface area contributed by atoms with Gasteiger partial charge in [-0.2, -0.15) is 0 Å². The normalized spacial score (nSPS) is 24.4. The molecule has 0 amide bonds. The van der Waals surface area contributed by atoms with Crippen LogP contribution < -0.4 is 16.6 Å². The molecule has 1 aliphatic rings. The largest absolute Gasteiger partial charge is 0.379 e. The number of rotatable bonds is 4. The Hall–Kier alpha value is -1.40. The monoisotopic (exact) mass is 223 g/mol. The first-order valence-electron chi connectivity index (χ1n) is 5.41. The number of aromatic nitrogens is 2. The van der Waals surface area contributed by atoms with E-state index in [0.717, 1.165) is 18.7 Å². The van der Waals surface area contributed by atoms with Crippen molar-refractivity contribution in [2.45, 2.75) is 31.4 Å². The van der Waals surface area contributed by atoms with Gasteiger partial charge in [0.1, 0.15) is 18.0 Å². The minimum atomic E-state index is 0.268. The Morgan fingerprint density at radius 2 is 2.19 bits per heavy atom. The Balaban J connectivity index is 2.02. The molecular weight excluding hydrogens is 206 g/mol. The molecule has 1 aromatic heterocycles. The third-order valence-electron chi connectivity index (χ3n) is 2.90. The molecule has 0 bridgehead atoms. The van der Waals surface area contributed by atoms with Crippen molar-refractivity contribution in [2.75, 3.05) is 17.9 Å². The third-order valence-corrected chi connectivity index (χ3v) is 2.90. The van der Waals surface area contributed by atoms with E-state index in [9.17, 15) is 0 Å². The van der Waals surface area contributed by atoms with E-state index < -0.39 is 0 Å². The van der Waals surface area contributed by atoms with Gasteiger partial charge in [-0.25, -0.2) is 15.8 Å². The van der Waals surface area contributed by atoms with E-state index in [2.05, 4.69) is 20.7 Å². The van der Waals surface area contributed by atoms with Crippen LogP contribution in [-0.2, 0) is 4.74 Å². The van der Waals surface area contributed by atoms with Gasteiger partial charge in [0.05, 0.1) is 12.1 Å². The maximum atomic E-state index is 5.41. The SMILES string of the molecule is COC1CCCC1Nc1cc(NN)ncn1. The second-order valence-corrected chi connectivity index (χ2v) is 3.89. The van der Waals surface area contributed by atoms with Crippen LogP contribution in [-0.4, -0.2) is 29.2 Å². The molecule has 0 saturated heterocycles. The summed E-state index contributed by atoms with van der Waals surface area (Å²) < 4.78 is 5.41. The van der Waals surface area contributed by atoms with E-state index in [1.54, 1.807) is 13.2 Å². The second-order valence-electron chi connectivity index (χ2n) is 3.89. The topological polar surface area (TPSA) is 85.1 Å². The molecule has 0 spiro atoms. The lowest BCUT2D eigenvalue weighted by atomic mass is 10.2. The molecule has 4 N–H and O–H groups in total. The quantitative estimate of drug-likeness (QED) is 0.515. The van der Waals surface area contributed by atoms with E-state index in [1.165, 1.54) is 12.7 Å². The standard InChI is InChI=1S/C10H17N5O/c1-16-8-4-2-3-7(8)14-9-5-10(15-11)13-6-12-9/h5-8H,2-4,11H2,1H3,(H2,12,13,14,15). The number of methoxy groups -OCH3 is 1. The summed E-state index contributed by atoms with van der Waals surface area (Å²) in [6, 6.07) is 2.11. The summed E-state index contributed by atoms with van der Waals surface area (Å²) in [5.74, 6) is 6.66. The Labute approximate surface area is 94.6 Å². The Morgan fingerprint density at radius 3 is 2.94 bits per heavy atom. The molecule has 0 aromatic carbocycles. The molecule has 2 atom stereocenters. The molecule has 0 radical (unpaired) electrons. The van der Waals surface area contributed by atoms with E-state index in [0.29, 0.717) is 11.9 Å². The Kier molecular flexibility index (Phi) is 3.53. The van der Waals surface area contributed by atoms with Gasteiger partial charge in [0.2, 0.25) is 0 Å². The first-order chi connectivity index (χ1) is 7.83. The summed E-state index contributed by atoms with van der Waals surface area (Å²) in [5.41, 5.74) is 2.50. The molecule has 1 saturated carbocycles. The van der Waals surface area contributed by atoms with Gasteiger partial charge >= 0.3 is 0 Å². The lowest BCUT2D eigenvalue weighted by molar-refractivity contribution is 0.101. The average molecular weight is 223 g/mol. The van der Waals surface area contributed by atoms with E-state index >= 15 is 0 Å². The van der Waals surface area contributed by atoms with Crippen LogP contribution in [0.5, 0.6) is 0 Å². The fraction of sp³-hybridized carbons (Fsp3) is 0.600. The van der Waals surface area contributed by atoms with E-state index in [4.69, 9.17) is 10.6 Å². The minimum absolute atomic E-state index is 0.268. The van der Waals surface area contributed by atoms with Gasteiger partial charge in [0.15, 0.2) is 0 Å². The lowest BCUT2D eigenvalue weighted by Crippen LogP contribution is -2.30. The van der Waals surface area contributed by atoms with Crippen molar-refractivity contribution in [3.8, 4) is 0 Å². The maximum Gasteiger partial charge on any atom is 0.145 e. The number of hydrazine groups is 1. The molecule has 6 nitrogen and oxygen atoms in total. The molecule has 1 heterocycles. The number of ether oxygens (including phenoxy) is 1. The van der Waals surface area contributed by atoms with Crippen molar-refractivity contribution in [3.63, 3.8) is 0 Å². The first kappa shape index (κ1) is 11.1. The van der Waals surface area contributed by atoms with Crippen molar-refractivity contribution in [3.05, 3.63) is 12.4 Å². The van der Waals surface area contributed by atoms with Crippen LogP contribution in [0.4, 0.5) is 11.6 Å². The third kappa shape index (κ3) is 2.40. The molecule has 2 unspecified atom stereocenters. The smallest absolute Gasteiger partial charge is 0.145 e. The second kappa shape index (κ2) is 5.09. The summed E-state index contributed by atoms with van der Waals surface area (Å²) in [7, 11) is 1.75. The van der Waals surface area contributed by atoms with Crippen LogP contribution in [0.25, 0.3) is 0 Å². The Bertz CT molecular complexity index is 346. The van der Waals surface area contributed by atoms with Gasteiger partial charge in [-0.1, -0.05) is 0 Å². The molecular formula is C10H17N5O. The summed E-state index contributed by atoms with van der Waals surface area (Å²) in [4.78, 5) is 8.10. The molecule has 1 aliphatic carbocycles. The average Bonchev–Trinajstić information content (AvgIpc) is 2.76. The van der Waals surface area contributed by atoms with Gasteiger partial charge in [-0.05, 0) is 19.3 Å². The van der Waals surface area contributed by atoms with Crippen LogP contribution in [0.1, 0.15) is 19.3 Å². The molecule has 6 heteroatoms. The summed E-state index contributed by atoms with van der Waals surface area (Å²) in [6.07, 6.45) is 5.14. The van der Waals surface area contributed by atoms with Gasteiger partial charge in [-0.3, -0.25) is 0 Å². The fourth-order valence-electron chi connectivity index (χ4n) is 2.08. The number of nitrogens with zero attached hydrogens (tertiary/aromatic N) is 2. The number of hydrogen-bond acceptors (Lipinski definition) is 6. The van der Waals surface area contributed by atoms with Crippen molar-refractivity contribution in [2.24, 2.45) is 5.84 Å². The minimum Gasteiger partial charge on any atom is -0.379 e. The zero-order chi connectivity index (χ0) is 11.4. The lowest BCUT2D eigenvalue weighted by Gasteiger charge is -2.20. The van der Waals surface area contributed by atoms with Crippen LogP contribution in [0.15, 0.2) is 12.4 Å². The molecule has 88 valence electrons. The van der Waals surface area contributed by atoms with Crippen molar-refractivity contribution in [1.29, 1.82) is 0 Å². The van der Waals surface area contributed by atoms with Crippen molar-refractivity contribution >= 4 is 11.6 Å². The predicted molar refractivity (Wildman–Crippen MR) is 61.9 cm³/mol. The highest BCUT2D eigenvalue weighted by molar-refractivity contribution is 5.46. The van der Waals surface area contributed by atoms with Crippen LogP contribution in [0, 0.1) is 0 Å². The first-order valence-corrected chi connectivity index (χ1v) is 5.41. The number of nitrogen functional groups attached to an aromatic ring is 1. The number of nitrogens with two attached hydrogens (primary N) is 1. The summed E-state index contributed by atoms with van der Waals surface area (Å²) >= 11 is 0. The highest BCUT2D eigenvalue weighted by atomic mass is 16.5. The van der Waals surface area contributed by atoms with Gasteiger partial charge in [-0.15, -0.1) is 0 Å². The molecule has 2 rings (SSSR count). The number of nitrogens with one attached hydrogen (secondary N) is 2. The van der Waals surface area contributed by atoms with E-state index in [-0.39, 0.29) is 6.10 Å². The fourth-order valence-corrected chi connectivity index (χ4v) is 2.08. The van der Waals surface area contributed by atoms with Gasteiger partial charge in [0, 0.05) is 13.2 Å². The number of anilines is 2. The zero-order valence-corrected chi connectivity index (χ0v) is 9.31. The van der Waals surface area contributed by atoms with Crippen molar-refractivity contribution < 1.29 is 4.74 Å². The number of hydrogen-bond donors (Lipinski definition) is 3. The van der Waals surface area contributed by atoms with Gasteiger partial charge in [0.25, 0.3) is 0 Å². The molecule has 1 aromatic rings. The van der Waals surface area contributed by atoms with Crippen LogP contribution in [0.3, 0.4) is 0 Å². The highest BCUT2D eigenvalue weighted by Gasteiger charge is 2.27. The Morgan fingerprint density at radius 1 is 1.38 bits per heavy atom. The maximum absolute atomic E-state index is 5.41.